The average molecular weight is 461 g/mol. The summed E-state index contributed by atoms with van der Waals surface area (Å²) in [5, 5.41) is 3.62. The van der Waals surface area contributed by atoms with Gasteiger partial charge in [0.25, 0.3) is 0 Å². The van der Waals surface area contributed by atoms with Crippen molar-refractivity contribution in [1.82, 2.24) is 20.0 Å². The van der Waals surface area contributed by atoms with Crippen LogP contribution < -0.4 is 5.32 Å². The lowest BCUT2D eigenvalue weighted by molar-refractivity contribution is 0.187. The predicted molar refractivity (Wildman–Crippen MR) is 117 cm³/mol. The zero-order valence-electron chi connectivity index (χ0n) is 16.0. The van der Waals surface area contributed by atoms with Crippen molar-refractivity contribution in [3.8, 4) is 0 Å². The lowest BCUT2D eigenvalue weighted by atomic mass is 9.93. The number of piperidine rings is 1. The quantitative estimate of drug-likeness (QED) is 0.295. The molecule has 144 valence electrons. The zero-order valence-corrected chi connectivity index (χ0v) is 18.3. The molecule has 0 bridgehead atoms. The molecule has 0 aromatic rings. The van der Waals surface area contributed by atoms with Crippen LogP contribution in [-0.4, -0.2) is 86.1 Å². The Morgan fingerprint density at radius 1 is 1.12 bits per heavy atom. The molecule has 0 saturated carbocycles. The fraction of sp³-hybridized carbons (Fsp3) is 0.842. The summed E-state index contributed by atoms with van der Waals surface area (Å²) in [6.07, 6.45) is 9.85. The summed E-state index contributed by atoms with van der Waals surface area (Å²) in [7, 11) is 1.92. The van der Waals surface area contributed by atoms with E-state index in [1.807, 2.05) is 7.05 Å². The van der Waals surface area contributed by atoms with Gasteiger partial charge in [0.1, 0.15) is 0 Å². The Kier molecular flexibility index (Phi) is 8.99. The first-order valence-electron chi connectivity index (χ1n) is 9.87. The summed E-state index contributed by atoms with van der Waals surface area (Å²) >= 11 is 0. The van der Waals surface area contributed by atoms with Crippen molar-refractivity contribution in [2.75, 3.05) is 59.4 Å². The van der Waals surface area contributed by atoms with E-state index in [0.29, 0.717) is 6.04 Å². The van der Waals surface area contributed by atoms with E-state index in [4.69, 9.17) is 0 Å². The summed E-state index contributed by atoms with van der Waals surface area (Å²) in [4.78, 5) is 12.1. The van der Waals surface area contributed by atoms with Crippen LogP contribution in [0.1, 0.15) is 32.6 Å². The predicted octanol–water partition coefficient (Wildman–Crippen LogP) is 2.25. The number of hydrogen-bond acceptors (Lipinski definition) is 3. The molecule has 0 amide bonds. The minimum Gasteiger partial charge on any atom is -0.356 e. The molecule has 0 aromatic heterocycles. The Hall–Kier alpha value is -0.340. The molecule has 3 aliphatic heterocycles. The third-order valence-corrected chi connectivity index (χ3v) is 6.03. The molecule has 2 saturated heterocycles. The van der Waals surface area contributed by atoms with Crippen LogP contribution in [0, 0.1) is 5.92 Å². The summed E-state index contributed by atoms with van der Waals surface area (Å²) < 4.78 is 0. The van der Waals surface area contributed by atoms with Crippen molar-refractivity contribution in [2.24, 2.45) is 10.9 Å². The highest BCUT2D eigenvalue weighted by Crippen LogP contribution is 2.20. The minimum atomic E-state index is 0. The number of nitrogens with zero attached hydrogens (tertiary/aromatic N) is 4. The molecule has 1 atom stereocenters. The molecule has 1 N–H and O–H groups in total. The maximum atomic E-state index is 4.53. The smallest absolute Gasteiger partial charge is 0.193 e. The summed E-state index contributed by atoms with van der Waals surface area (Å²) in [6, 6.07) is 0.692. The number of hydrogen-bond donors (Lipinski definition) is 1. The lowest BCUT2D eigenvalue weighted by Crippen LogP contribution is -2.43. The van der Waals surface area contributed by atoms with Gasteiger partial charge in [-0.2, -0.15) is 0 Å². The van der Waals surface area contributed by atoms with Crippen LogP contribution in [0.2, 0.25) is 0 Å². The van der Waals surface area contributed by atoms with Gasteiger partial charge in [0.15, 0.2) is 5.96 Å². The second kappa shape index (κ2) is 10.7. The van der Waals surface area contributed by atoms with Gasteiger partial charge >= 0.3 is 0 Å². The number of rotatable bonds is 5. The van der Waals surface area contributed by atoms with Crippen LogP contribution in [-0.2, 0) is 0 Å². The van der Waals surface area contributed by atoms with Crippen molar-refractivity contribution in [3.63, 3.8) is 0 Å². The first-order chi connectivity index (χ1) is 11.8. The standard InChI is InChI=1S/C19H35N5.HI/c1-3-22-13-7-17(8-14-22)6-10-21-19(20-2)24-15-9-18(16-24)23-11-4-5-12-23;/h4-5,17-18H,3,6-16H2,1-2H3,(H,20,21);1H. The van der Waals surface area contributed by atoms with E-state index >= 15 is 0 Å². The Morgan fingerprint density at radius 3 is 2.48 bits per heavy atom. The maximum absolute atomic E-state index is 4.53. The SMILES string of the molecule is CCN1CCC(CCNC(=NC)N2CCC(N3CC=CC3)C2)CC1.I. The Morgan fingerprint density at radius 2 is 1.84 bits per heavy atom. The molecule has 3 heterocycles. The van der Waals surface area contributed by atoms with E-state index in [9.17, 15) is 0 Å². The zero-order chi connectivity index (χ0) is 16.8. The lowest BCUT2D eigenvalue weighted by Gasteiger charge is -2.31. The van der Waals surface area contributed by atoms with Crippen LogP contribution in [0.4, 0.5) is 0 Å². The van der Waals surface area contributed by atoms with Gasteiger partial charge in [-0.15, -0.1) is 24.0 Å². The van der Waals surface area contributed by atoms with Gasteiger partial charge in [-0.05, 0) is 51.2 Å². The van der Waals surface area contributed by atoms with Crippen LogP contribution in [0.25, 0.3) is 0 Å². The van der Waals surface area contributed by atoms with Gasteiger partial charge in [-0.25, -0.2) is 0 Å². The summed E-state index contributed by atoms with van der Waals surface area (Å²) in [5.74, 6) is 2.00. The number of aliphatic imine (C=N–C) groups is 1. The van der Waals surface area contributed by atoms with Gasteiger partial charge < -0.3 is 15.1 Å². The second-order valence-electron chi connectivity index (χ2n) is 7.45. The minimum absolute atomic E-state index is 0. The second-order valence-corrected chi connectivity index (χ2v) is 7.45. The van der Waals surface area contributed by atoms with E-state index in [0.717, 1.165) is 44.6 Å². The molecule has 0 spiro atoms. The highest BCUT2D eigenvalue weighted by atomic mass is 127. The molecule has 25 heavy (non-hydrogen) atoms. The molecule has 3 aliphatic rings. The van der Waals surface area contributed by atoms with Gasteiger partial charge in [-0.1, -0.05) is 19.1 Å². The molecular formula is C19H36IN5. The van der Waals surface area contributed by atoms with Crippen molar-refractivity contribution in [1.29, 1.82) is 0 Å². The topological polar surface area (TPSA) is 34.1 Å². The first-order valence-corrected chi connectivity index (χ1v) is 9.87. The van der Waals surface area contributed by atoms with Gasteiger partial charge in [0.05, 0.1) is 0 Å². The molecule has 0 radical (unpaired) electrons. The number of nitrogens with one attached hydrogen (secondary N) is 1. The highest BCUT2D eigenvalue weighted by molar-refractivity contribution is 14.0. The molecule has 3 rings (SSSR count). The third-order valence-electron chi connectivity index (χ3n) is 6.03. The Balaban J connectivity index is 0.00000225. The van der Waals surface area contributed by atoms with Gasteiger partial charge in [0.2, 0.25) is 0 Å². The monoisotopic (exact) mass is 461 g/mol. The fourth-order valence-corrected chi connectivity index (χ4v) is 4.34. The van der Waals surface area contributed by atoms with E-state index in [1.54, 1.807) is 0 Å². The molecule has 5 nitrogen and oxygen atoms in total. The van der Waals surface area contributed by atoms with Crippen molar-refractivity contribution < 1.29 is 0 Å². The molecule has 6 heteroatoms. The molecule has 0 aromatic carbocycles. The third kappa shape index (κ3) is 5.82. The normalized spacial score (nSPS) is 26.2. The van der Waals surface area contributed by atoms with E-state index in [2.05, 4.69) is 44.1 Å². The van der Waals surface area contributed by atoms with E-state index in [-0.39, 0.29) is 24.0 Å². The van der Waals surface area contributed by atoms with E-state index in [1.165, 1.54) is 45.3 Å². The molecule has 0 aliphatic carbocycles. The van der Waals surface area contributed by atoms with Crippen LogP contribution in [0.15, 0.2) is 17.1 Å². The highest BCUT2D eigenvalue weighted by Gasteiger charge is 2.29. The Bertz CT molecular complexity index is 437. The largest absolute Gasteiger partial charge is 0.356 e. The van der Waals surface area contributed by atoms with Gasteiger partial charge in [0, 0.05) is 45.8 Å². The van der Waals surface area contributed by atoms with Crippen molar-refractivity contribution in [2.45, 2.75) is 38.6 Å². The maximum Gasteiger partial charge on any atom is 0.193 e. The number of halogens is 1. The van der Waals surface area contributed by atoms with Crippen LogP contribution in [0.5, 0.6) is 0 Å². The number of likely N-dealkylation sites (tertiary alicyclic amines) is 2. The van der Waals surface area contributed by atoms with E-state index < -0.39 is 0 Å². The molecule has 1 unspecified atom stereocenters. The number of guanidine groups is 1. The van der Waals surface area contributed by atoms with Gasteiger partial charge in [-0.3, -0.25) is 9.89 Å². The molecular weight excluding hydrogens is 425 g/mol. The summed E-state index contributed by atoms with van der Waals surface area (Å²) in [6.45, 7) is 11.6. The Labute approximate surface area is 170 Å². The van der Waals surface area contributed by atoms with Crippen molar-refractivity contribution >= 4 is 29.9 Å². The van der Waals surface area contributed by atoms with Crippen LogP contribution >= 0.6 is 24.0 Å². The summed E-state index contributed by atoms with van der Waals surface area (Å²) in [5.41, 5.74) is 0. The average Bonchev–Trinajstić information content (AvgIpc) is 3.30. The van der Waals surface area contributed by atoms with Crippen LogP contribution in [0.3, 0.4) is 0 Å². The first kappa shape index (κ1) is 21.0. The fourth-order valence-electron chi connectivity index (χ4n) is 4.34. The van der Waals surface area contributed by atoms with Crippen molar-refractivity contribution in [3.05, 3.63) is 12.2 Å². The molecule has 2 fully saturated rings.